The SMILES string of the molecule is COCCCN(C)C(=O)c1csc(CCN)n1. The molecule has 2 N–H and O–H groups in total. The Morgan fingerprint density at radius 2 is 2.41 bits per heavy atom. The maximum absolute atomic E-state index is 12.0. The van der Waals surface area contributed by atoms with Crippen LogP contribution in [0.4, 0.5) is 0 Å². The number of nitrogens with zero attached hydrogens (tertiary/aromatic N) is 2. The molecular formula is C11H19N3O2S. The second kappa shape index (κ2) is 7.37. The van der Waals surface area contributed by atoms with Crippen LogP contribution in [0.1, 0.15) is 21.9 Å². The normalized spacial score (nSPS) is 10.5. The standard InChI is InChI=1S/C11H19N3O2S/c1-14(6-3-7-16-2)11(15)9-8-17-10(13-9)4-5-12/h8H,3-7,12H2,1-2H3. The zero-order chi connectivity index (χ0) is 12.7. The van der Waals surface area contributed by atoms with Crippen LogP contribution in [-0.2, 0) is 11.2 Å². The third kappa shape index (κ3) is 4.41. The fourth-order valence-electron chi connectivity index (χ4n) is 1.39. The predicted octanol–water partition coefficient (Wildman–Crippen LogP) is 0.753. The summed E-state index contributed by atoms with van der Waals surface area (Å²) in [5, 5.41) is 2.71. The summed E-state index contributed by atoms with van der Waals surface area (Å²) in [5.41, 5.74) is 5.96. The van der Waals surface area contributed by atoms with Crippen LogP contribution in [0, 0.1) is 0 Å². The van der Waals surface area contributed by atoms with Crippen molar-refractivity contribution < 1.29 is 9.53 Å². The molecule has 0 bridgehead atoms. The van der Waals surface area contributed by atoms with Gasteiger partial charge < -0.3 is 15.4 Å². The third-order valence-electron chi connectivity index (χ3n) is 2.32. The first-order chi connectivity index (χ1) is 8.19. The molecular weight excluding hydrogens is 238 g/mol. The van der Waals surface area contributed by atoms with Gasteiger partial charge in [0, 0.05) is 39.1 Å². The first-order valence-electron chi connectivity index (χ1n) is 5.58. The lowest BCUT2D eigenvalue weighted by Gasteiger charge is -2.15. The van der Waals surface area contributed by atoms with Crippen LogP contribution in [-0.4, -0.2) is 49.6 Å². The molecule has 1 rings (SSSR count). The molecule has 96 valence electrons. The summed E-state index contributed by atoms with van der Waals surface area (Å²) in [6.07, 6.45) is 1.56. The van der Waals surface area contributed by atoms with Crippen molar-refractivity contribution in [1.82, 2.24) is 9.88 Å². The van der Waals surface area contributed by atoms with E-state index in [1.54, 1.807) is 24.4 Å². The van der Waals surface area contributed by atoms with Gasteiger partial charge in [0.1, 0.15) is 5.69 Å². The zero-order valence-corrected chi connectivity index (χ0v) is 11.1. The molecule has 0 aromatic carbocycles. The quantitative estimate of drug-likeness (QED) is 0.732. The first-order valence-corrected chi connectivity index (χ1v) is 6.46. The molecule has 1 heterocycles. The maximum atomic E-state index is 12.0. The number of carbonyl (C=O) groups is 1. The van der Waals surface area contributed by atoms with E-state index in [4.69, 9.17) is 10.5 Å². The van der Waals surface area contributed by atoms with Gasteiger partial charge in [-0.05, 0) is 13.0 Å². The van der Waals surface area contributed by atoms with E-state index in [2.05, 4.69) is 4.98 Å². The lowest BCUT2D eigenvalue weighted by molar-refractivity contribution is 0.0774. The molecule has 0 aliphatic rings. The molecule has 0 fully saturated rings. The minimum Gasteiger partial charge on any atom is -0.385 e. The fraction of sp³-hybridized carbons (Fsp3) is 0.636. The number of methoxy groups -OCH3 is 1. The van der Waals surface area contributed by atoms with E-state index in [-0.39, 0.29) is 5.91 Å². The number of thiazole rings is 1. The predicted molar refractivity (Wildman–Crippen MR) is 68.3 cm³/mol. The highest BCUT2D eigenvalue weighted by atomic mass is 32.1. The Bertz CT molecular complexity index is 354. The van der Waals surface area contributed by atoms with E-state index in [9.17, 15) is 4.79 Å². The minimum atomic E-state index is -0.0411. The summed E-state index contributed by atoms with van der Waals surface area (Å²) in [4.78, 5) is 17.9. The number of hydrogen-bond acceptors (Lipinski definition) is 5. The van der Waals surface area contributed by atoms with Crippen LogP contribution < -0.4 is 5.73 Å². The molecule has 0 atom stereocenters. The summed E-state index contributed by atoms with van der Waals surface area (Å²) >= 11 is 1.48. The van der Waals surface area contributed by atoms with Gasteiger partial charge in [0.05, 0.1) is 5.01 Å². The number of aromatic nitrogens is 1. The Morgan fingerprint density at radius 3 is 3.06 bits per heavy atom. The second-order valence-corrected chi connectivity index (χ2v) is 4.68. The lowest BCUT2D eigenvalue weighted by atomic mass is 10.3. The number of rotatable bonds is 7. The Balaban J connectivity index is 2.49. The average Bonchev–Trinajstić information content (AvgIpc) is 2.77. The van der Waals surface area contributed by atoms with Crippen molar-refractivity contribution in [2.24, 2.45) is 5.73 Å². The average molecular weight is 257 g/mol. The van der Waals surface area contributed by atoms with Crippen LogP contribution in [0.15, 0.2) is 5.38 Å². The summed E-state index contributed by atoms with van der Waals surface area (Å²) in [6, 6.07) is 0. The van der Waals surface area contributed by atoms with Crippen molar-refractivity contribution in [1.29, 1.82) is 0 Å². The minimum absolute atomic E-state index is 0.0411. The van der Waals surface area contributed by atoms with Crippen molar-refractivity contribution in [2.75, 3.05) is 33.9 Å². The highest BCUT2D eigenvalue weighted by Gasteiger charge is 2.14. The van der Waals surface area contributed by atoms with Gasteiger partial charge in [-0.2, -0.15) is 0 Å². The van der Waals surface area contributed by atoms with Crippen molar-refractivity contribution >= 4 is 17.2 Å². The van der Waals surface area contributed by atoms with E-state index in [1.807, 2.05) is 0 Å². The summed E-state index contributed by atoms with van der Waals surface area (Å²) < 4.78 is 4.95. The highest BCUT2D eigenvalue weighted by Crippen LogP contribution is 2.11. The van der Waals surface area contributed by atoms with E-state index in [0.29, 0.717) is 25.4 Å². The van der Waals surface area contributed by atoms with Gasteiger partial charge in [-0.25, -0.2) is 4.98 Å². The maximum Gasteiger partial charge on any atom is 0.273 e. The molecule has 0 spiro atoms. The molecule has 0 aliphatic heterocycles. The van der Waals surface area contributed by atoms with E-state index in [1.165, 1.54) is 11.3 Å². The van der Waals surface area contributed by atoms with Crippen LogP contribution in [0.3, 0.4) is 0 Å². The van der Waals surface area contributed by atoms with Crippen molar-refractivity contribution in [3.8, 4) is 0 Å². The van der Waals surface area contributed by atoms with Crippen LogP contribution in [0.25, 0.3) is 0 Å². The van der Waals surface area contributed by atoms with Crippen molar-refractivity contribution in [3.05, 3.63) is 16.1 Å². The molecule has 1 amide bonds. The van der Waals surface area contributed by atoms with Gasteiger partial charge in [-0.3, -0.25) is 4.79 Å². The summed E-state index contributed by atoms with van der Waals surface area (Å²) in [6.45, 7) is 1.90. The Labute approximate surface area is 106 Å². The van der Waals surface area contributed by atoms with Crippen LogP contribution in [0.2, 0.25) is 0 Å². The van der Waals surface area contributed by atoms with E-state index < -0.39 is 0 Å². The Kier molecular flexibility index (Phi) is 6.10. The van der Waals surface area contributed by atoms with E-state index >= 15 is 0 Å². The molecule has 0 unspecified atom stereocenters. The molecule has 1 aromatic heterocycles. The van der Waals surface area contributed by atoms with Crippen LogP contribution >= 0.6 is 11.3 Å². The van der Waals surface area contributed by atoms with Gasteiger partial charge in [0.2, 0.25) is 0 Å². The van der Waals surface area contributed by atoms with Gasteiger partial charge in [-0.15, -0.1) is 11.3 Å². The van der Waals surface area contributed by atoms with Crippen molar-refractivity contribution in [3.63, 3.8) is 0 Å². The number of amides is 1. The monoisotopic (exact) mass is 257 g/mol. The van der Waals surface area contributed by atoms with Crippen molar-refractivity contribution in [2.45, 2.75) is 12.8 Å². The summed E-state index contributed by atoms with van der Waals surface area (Å²) in [5.74, 6) is -0.0411. The molecule has 1 aromatic rings. The molecule has 17 heavy (non-hydrogen) atoms. The Morgan fingerprint density at radius 1 is 1.65 bits per heavy atom. The Hall–Kier alpha value is -0.980. The summed E-state index contributed by atoms with van der Waals surface area (Å²) in [7, 11) is 3.43. The largest absolute Gasteiger partial charge is 0.385 e. The fourth-order valence-corrected chi connectivity index (χ4v) is 2.18. The van der Waals surface area contributed by atoms with E-state index in [0.717, 1.165) is 17.8 Å². The van der Waals surface area contributed by atoms with Gasteiger partial charge >= 0.3 is 0 Å². The second-order valence-electron chi connectivity index (χ2n) is 3.74. The molecule has 6 heteroatoms. The zero-order valence-electron chi connectivity index (χ0n) is 10.3. The first kappa shape index (κ1) is 14.1. The number of carbonyl (C=O) groups excluding carboxylic acids is 1. The molecule has 5 nitrogen and oxygen atoms in total. The third-order valence-corrected chi connectivity index (χ3v) is 3.23. The van der Waals surface area contributed by atoms with Gasteiger partial charge in [0.25, 0.3) is 5.91 Å². The van der Waals surface area contributed by atoms with Gasteiger partial charge in [0.15, 0.2) is 0 Å². The topological polar surface area (TPSA) is 68.5 Å². The number of nitrogens with two attached hydrogens (primary N) is 1. The lowest BCUT2D eigenvalue weighted by Crippen LogP contribution is -2.28. The van der Waals surface area contributed by atoms with Crippen LogP contribution in [0.5, 0.6) is 0 Å². The number of hydrogen-bond donors (Lipinski definition) is 1. The molecule has 0 aliphatic carbocycles. The molecule has 0 saturated carbocycles. The number of ether oxygens (including phenoxy) is 1. The molecule has 0 radical (unpaired) electrons. The molecule has 0 saturated heterocycles. The smallest absolute Gasteiger partial charge is 0.273 e. The highest BCUT2D eigenvalue weighted by molar-refractivity contribution is 7.09. The van der Waals surface area contributed by atoms with Gasteiger partial charge in [-0.1, -0.05) is 0 Å².